The van der Waals surface area contributed by atoms with E-state index in [9.17, 15) is 48.3 Å². The fraction of sp³-hybridized carbons (Fsp3) is 0.596. The Labute approximate surface area is 396 Å². The maximum Gasteiger partial charge on any atom is 0.326 e. The second-order valence-electron chi connectivity index (χ2n) is 19.2. The minimum absolute atomic E-state index is 0.00924. The van der Waals surface area contributed by atoms with E-state index in [-0.39, 0.29) is 49.0 Å². The van der Waals surface area contributed by atoms with Crippen LogP contribution in [0.4, 0.5) is 0 Å². The van der Waals surface area contributed by atoms with Crippen LogP contribution >= 0.6 is 11.8 Å². The molecular weight excluding hydrogens is 887 g/mol. The van der Waals surface area contributed by atoms with Gasteiger partial charge in [-0.05, 0) is 49.1 Å². The van der Waals surface area contributed by atoms with E-state index in [1.807, 2.05) is 69.8 Å². The number of carboxylic acid groups (broad SMARTS) is 3. The lowest BCUT2D eigenvalue weighted by Crippen LogP contribution is -2.62. The lowest BCUT2D eigenvalue weighted by atomic mass is 9.76. The van der Waals surface area contributed by atoms with Crippen molar-refractivity contribution in [3.05, 3.63) is 47.7 Å². The van der Waals surface area contributed by atoms with Crippen LogP contribution in [-0.2, 0) is 55.6 Å². The van der Waals surface area contributed by atoms with Gasteiger partial charge in [-0.3, -0.25) is 43.3 Å². The second-order valence-corrected chi connectivity index (χ2v) is 20.4. The van der Waals surface area contributed by atoms with Gasteiger partial charge in [0, 0.05) is 73.7 Å². The highest BCUT2D eigenvalue weighted by Crippen LogP contribution is 2.35. The molecule has 6 amide bonds. The van der Waals surface area contributed by atoms with E-state index in [0.29, 0.717) is 19.3 Å². The van der Waals surface area contributed by atoms with Gasteiger partial charge in [0.05, 0.1) is 11.3 Å². The zero-order valence-electron chi connectivity index (χ0n) is 40.2. The van der Waals surface area contributed by atoms with Gasteiger partial charge < -0.3 is 46.5 Å². The van der Waals surface area contributed by atoms with Crippen molar-refractivity contribution in [1.29, 1.82) is 0 Å². The smallest absolute Gasteiger partial charge is 0.326 e. The molecule has 3 unspecified atom stereocenters. The number of benzene rings is 1. The van der Waals surface area contributed by atoms with Crippen molar-refractivity contribution in [3.63, 3.8) is 0 Å². The average Bonchev–Trinajstić information content (AvgIpc) is 3.73. The summed E-state index contributed by atoms with van der Waals surface area (Å²) in [5.41, 5.74) is 5.40. The van der Waals surface area contributed by atoms with Gasteiger partial charge in [-0.1, -0.05) is 79.2 Å². The van der Waals surface area contributed by atoms with Gasteiger partial charge in [0.25, 0.3) is 0 Å². The predicted octanol–water partition coefficient (Wildman–Crippen LogP) is 3.17. The molecule has 19 nitrogen and oxygen atoms in total. The van der Waals surface area contributed by atoms with Gasteiger partial charge >= 0.3 is 17.9 Å². The summed E-state index contributed by atoms with van der Waals surface area (Å²) in [6.45, 7) is 14.3. The molecule has 0 bridgehead atoms. The Morgan fingerprint density at radius 1 is 0.910 bits per heavy atom. The zero-order valence-corrected chi connectivity index (χ0v) is 41.0. The van der Waals surface area contributed by atoms with Crippen LogP contribution in [0.25, 0.3) is 10.9 Å². The largest absolute Gasteiger partial charge is 0.481 e. The Hall–Kier alpha value is -5.76. The number of imide groups is 1. The van der Waals surface area contributed by atoms with Crippen molar-refractivity contribution in [2.75, 3.05) is 19.3 Å². The van der Waals surface area contributed by atoms with Crippen LogP contribution in [0.15, 0.2) is 42.1 Å². The van der Waals surface area contributed by atoms with Gasteiger partial charge in [-0.15, -0.1) is 11.8 Å². The first kappa shape index (κ1) is 55.6. The molecule has 6 atom stereocenters. The maximum absolute atomic E-state index is 14.8. The van der Waals surface area contributed by atoms with Crippen molar-refractivity contribution in [3.8, 4) is 0 Å². The Morgan fingerprint density at radius 3 is 2.13 bits per heavy atom. The number of fused-ring (bicyclic) bond motifs is 1. The number of likely N-dealkylation sites (tertiary alicyclic amines) is 1. The molecule has 0 aliphatic carbocycles. The van der Waals surface area contributed by atoms with Crippen molar-refractivity contribution < 1.29 is 58.5 Å². The number of hydrogen-bond donors (Lipinski definition) is 7. The van der Waals surface area contributed by atoms with Crippen molar-refractivity contribution >= 4 is 76.0 Å². The molecular formula is C47H69N7O12S. The number of nitrogens with one attached hydrogen (secondary N) is 3. The van der Waals surface area contributed by atoms with E-state index >= 15 is 0 Å². The first-order valence-electron chi connectivity index (χ1n) is 22.4. The van der Waals surface area contributed by atoms with E-state index in [1.165, 1.54) is 24.9 Å². The number of rotatable bonds is 25. The number of thioether (sulfide) groups is 1. The third-order valence-corrected chi connectivity index (χ3v) is 13.4. The topological polar surface area (TPSA) is 288 Å². The van der Waals surface area contributed by atoms with Crippen LogP contribution in [0.5, 0.6) is 0 Å². The normalized spacial score (nSPS) is 16.9. The third-order valence-electron chi connectivity index (χ3n) is 12.1. The predicted molar refractivity (Wildman–Crippen MR) is 253 cm³/mol. The number of unbranched alkanes of at least 4 members (excludes halogenated alkanes) is 2. The van der Waals surface area contributed by atoms with Crippen LogP contribution < -0.4 is 21.7 Å². The van der Waals surface area contributed by atoms with E-state index in [0.717, 1.165) is 33.1 Å². The van der Waals surface area contributed by atoms with Crippen LogP contribution in [-0.4, -0.2) is 138 Å². The SMILES string of the molecule is C/C(=C\C(C(C)C)N(C)C(=O)C(NC(=O)[C@@H](NC(=O)CCCCCN1C(=O)CC(SC[C@H](N)C(=O)O)C1=O)C(C)(C)c1cn(C)c2ccccc12)C(C)(C)C)C(=O)N[C@H](CCC(=O)O)C(=O)O. The minimum Gasteiger partial charge on any atom is -0.481 e. The number of hydrogen-bond acceptors (Lipinski definition) is 11. The molecule has 2 heterocycles. The van der Waals surface area contributed by atoms with Crippen LogP contribution in [0.3, 0.4) is 0 Å². The molecule has 1 aromatic heterocycles. The number of likely N-dealkylation sites (N-methyl/N-ethyl adjacent to an activating group) is 1. The summed E-state index contributed by atoms with van der Waals surface area (Å²) in [5.74, 6) is -7.14. The van der Waals surface area contributed by atoms with Gasteiger partial charge in [0.1, 0.15) is 24.2 Å². The molecule has 2 aromatic rings. The van der Waals surface area contributed by atoms with Crippen molar-refractivity contribution in [1.82, 2.24) is 30.3 Å². The number of nitrogens with zero attached hydrogens (tertiary/aromatic N) is 3. The molecule has 1 aliphatic rings. The number of nitrogens with two attached hydrogens (primary N) is 1. The molecule has 1 saturated heterocycles. The second kappa shape index (κ2) is 23.8. The molecule has 8 N–H and O–H groups in total. The molecule has 67 heavy (non-hydrogen) atoms. The van der Waals surface area contributed by atoms with Gasteiger partial charge in [0.15, 0.2) is 0 Å². The number of carboxylic acids is 3. The number of carbonyl (C=O) groups is 9. The van der Waals surface area contributed by atoms with Crippen molar-refractivity contribution in [2.45, 2.75) is 141 Å². The maximum atomic E-state index is 14.8. The molecule has 3 rings (SSSR count). The minimum atomic E-state index is -1.45. The lowest BCUT2D eigenvalue weighted by Gasteiger charge is -2.40. The Balaban J connectivity index is 1.84. The van der Waals surface area contributed by atoms with Crippen LogP contribution in [0.1, 0.15) is 106 Å². The molecule has 0 saturated carbocycles. The molecule has 1 aliphatic heterocycles. The molecule has 0 radical (unpaired) electrons. The molecule has 20 heteroatoms. The number of carbonyl (C=O) groups excluding carboxylic acids is 6. The van der Waals surface area contributed by atoms with Gasteiger partial charge in [0.2, 0.25) is 35.4 Å². The van der Waals surface area contributed by atoms with Crippen LogP contribution in [0, 0.1) is 11.3 Å². The lowest BCUT2D eigenvalue weighted by molar-refractivity contribution is -0.143. The standard InChI is InChI=1S/C47H69N7O12S/c1-26(2)33(22-27(3)40(59)49-31(45(65)66)19-20-37(57)58)53(10)43(62)39(46(4,5)6)51-41(60)38(47(7,8)29-24-52(9)32-17-14-13-16-28(29)32)50-35(55)18-12-11-15-21-54-36(56)23-34(42(54)61)67-25-30(48)44(63)64/h13-14,16-17,22,24,26,30-31,33-34,38-39H,11-12,15,18-21,23,25,48H2,1-10H3,(H,49,59)(H,50,55)(H,51,60)(H,57,58)(H,63,64)(H,65,66)/b27-22+/t30-,31+,33?,34?,38+,39?/m0/s1. The summed E-state index contributed by atoms with van der Waals surface area (Å²) in [5, 5.41) is 36.1. The molecule has 1 fully saturated rings. The first-order chi connectivity index (χ1) is 31.1. The zero-order chi connectivity index (χ0) is 50.7. The van der Waals surface area contributed by atoms with E-state index in [2.05, 4.69) is 16.0 Å². The molecule has 1 aromatic carbocycles. The fourth-order valence-corrected chi connectivity index (χ4v) is 9.08. The number of aromatic nitrogens is 1. The Kier molecular flexibility index (Phi) is 19.7. The Bertz CT molecular complexity index is 2210. The van der Waals surface area contributed by atoms with E-state index in [4.69, 9.17) is 15.9 Å². The quantitative estimate of drug-likeness (QED) is 0.0428. The van der Waals surface area contributed by atoms with E-state index in [1.54, 1.807) is 20.8 Å². The third kappa shape index (κ3) is 14.9. The summed E-state index contributed by atoms with van der Waals surface area (Å²) in [7, 11) is 3.42. The highest BCUT2D eigenvalue weighted by Gasteiger charge is 2.44. The monoisotopic (exact) mass is 955 g/mol. The highest BCUT2D eigenvalue weighted by atomic mass is 32.2. The molecule has 370 valence electrons. The number of aryl methyl sites for hydroxylation is 1. The summed E-state index contributed by atoms with van der Waals surface area (Å²) in [6.07, 6.45) is 3.85. The number of para-hydroxylation sites is 1. The molecule has 0 spiro atoms. The number of amides is 6. The summed E-state index contributed by atoms with van der Waals surface area (Å²) in [6, 6.07) is 1.98. The van der Waals surface area contributed by atoms with Gasteiger partial charge in [-0.2, -0.15) is 0 Å². The van der Waals surface area contributed by atoms with Crippen molar-refractivity contribution in [2.24, 2.45) is 24.1 Å². The van der Waals surface area contributed by atoms with Gasteiger partial charge in [-0.25, -0.2) is 4.79 Å². The highest BCUT2D eigenvalue weighted by molar-refractivity contribution is 8.00. The average molecular weight is 956 g/mol. The van der Waals surface area contributed by atoms with E-state index < -0.39 is 100 Å². The number of aliphatic carboxylic acids is 3. The fourth-order valence-electron chi connectivity index (χ4n) is 7.96. The summed E-state index contributed by atoms with van der Waals surface area (Å²) < 4.78 is 1.93. The van der Waals surface area contributed by atoms with Crippen LogP contribution in [0.2, 0.25) is 0 Å². The Morgan fingerprint density at radius 2 is 1.55 bits per heavy atom. The first-order valence-corrected chi connectivity index (χ1v) is 23.4. The summed E-state index contributed by atoms with van der Waals surface area (Å²) in [4.78, 5) is 118. The summed E-state index contributed by atoms with van der Waals surface area (Å²) >= 11 is 1.04.